The molecular weight excluding hydrogens is 464 g/mol. The van der Waals surface area contributed by atoms with Gasteiger partial charge in [0, 0.05) is 19.1 Å². The summed E-state index contributed by atoms with van der Waals surface area (Å²) in [4.78, 5) is 19.0. The quantitative estimate of drug-likeness (QED) is 0.629. The van der Waals surface area contributed by atoms with Crippen molar-refractivity contribution in [1.29, 1.82) is 0 Å². The van der Waals surface area contributed by atoms with E-state index in [0.29, 0.717) is 31.8 Å². The fraction of sp³-hybridized carbons (Fsp3) is 0.545. The highest BCUT2D eigenvalue weighted by atomic mass is 35.5. The molecule has 0 radical (unpaired) electrons. The van der Waals surface area contributed by atoms with Crippen molar-refractivity contribution in [3.05, 3.63) is 50.0 Å². The van der Waals surface area contributed by atoms with Crippen molar-refractivity contribution in [2.75, 3.05) is 18.0 Å². The van der Waals surface area contributed by atoms with Crippen LogP contribution < -0.4 is 16.2 Å². The lowest BCUT2D eigenvalue weighted by atomic mass is 9.73. The van der Waals surface area contributed by atoms with Crippen molar-refractivity contribution in [2.45, 2.75) is 51.7 Å². The molecule has 1 aromatic carbocycles. The van der Waals surface area contributed by atoms with Gasteiger partial charge in [-0.3, -0.25) is 9.36 Å². The molecule has 5 nitrogen and oxygen atoms in total. The standard InChI is InChI=1S/C22H25Cl2F3N4O/c1-12-6-7-21(18(12)28)8-10-30(11-9-21)19-16(22(25,26)27)20(32)31(13(2)29-19)15-5-3-4-14(23)17(15)24/h3-5,12,18H,6-11,28H2,1-2H3/t12-,18-/m0/s1. The number of aromatic nitrogens is 2. The maximum Gasteiger partial charge on any atom is 0.425 e. The van der Waals surface area contributed by atoms with Crippen molar-refractivity contribution in [2.24, 2.45) is 17.1 Å². The van der Waals surface area contributed by atoms with Gasteiger partial charge in [-0.05, 0) is 56.1 Å². The molecule has 2 heterocycles. The average molecular weight is 489 g/mol. The molecule has 174 valence electrons. The number of piperidine rings is 1. The van der Waals surface area contributed by atoms with Crippen LogP contribution >= 0.6 is 23.2 Å². The predicted molar refractivity (Wildman–Crippen MR) is 120 cm³/mol. The molecule has 10 heteroatoms. The Morgan fingerprint density at radius 2 is 1.84 bits per heavy atom. The number of halogens is 5. The van der Waals surface area contributed by atoms with Crippen LogP contribution in [0, 0.1) is 18.3 Å². The first-order valence-corrected chi connectivity index (χ1v) is 11.4. The van der Waals surface area contributed by atoms with Gasteiger partial charge in [0.25, 0.3) is 5.56 Å². The minimum atomic E-state index is -4.88. The molecule has 0 bridgehead atoms. The Hall–Kier alpha value is -1.77. The van der Waals surface area contributed by atoms with E-state index < -0.39 is 17.3 Å². The number of nitrogens with zero attached hydrogens (tertiary/aromatic N) is 3. The lowest BCUT2D eigenvalue weighted by molar-refractivity contribution is -0.138. The molecule has 0 amide bonds. The second-order valence-electron chi connectivity index (χ2n) is 8.96. The molecule has 1 aromatic heterocycles. The van der Waals surface area contributed by atoms with Gasteiger partial charge in [-0.2, -0.15) is 13.2 Å². The SMILES string of the molecule is Cc1nc(N2CCC3(CC[C@H](C)[C@@H]3N)CC2)c(C(F)(F)F)c(=O)n1-c1cccc(Cl)c1Cl. The Morgan fingerprint density at radius 1 is 1.19 bits per heavy atom. The Labute approximate surface area is 194 Å². The number of nitrogens with two attached hydrogens (primary N) is 1. The van der Waals surface area contributed by atoms with E-state index in [1.54, 1.807) is 4.90 Å². The number of alkyl halides is 3. The van der Waals surface area contributed by atoms with Crippen LogP contribution in [0.3, 0.4) is 0 Å². The molecular formula is C22H25Cl2F3N4O. The molecule has 2 aliphatic rings. The summed E-state index contributed by atoms with van der Waals surface area (Å²) in [5, 5.41) is 0.128. The van der Waals surface area contributed by atoms with Gasteiger partial charge in [-0.15, -0.1) is 0 Å². The zero-order valence-electron chi connectivity index (χ0n) is 17.8. The van der Waals surface area contributed by atoms with Crippen molar-refractivity contribution < 1.29 is 13.2 Å². The summed E-state index contributed by atoms with van der Waals surface area (Å²) in [6.45, 7) is 4.36. The summed E-state index contributed by atoms with van der Waals surface area (Å²) in [5.74, 6) is 0.177. The van der Waals surface area contributed by atoms with Gasteiger partial charge in [-0.1, -0.05) is 36.2 Å². The number of rotatable bonds is 2. The average Bonchev–Trinajstić information content (AvgIpc) is 2.99. The van der Waals surface area contributed by atoms with Gasteiger partial charge in [-0.25, -0.2) is 4.98 Å². The molecule has 1 saturated carbocycles. The van der Waals surface area contributed by atoms with Gasteiger partial charge < -0.3 is 10.6 Å². The topological polar surface area (TPSA) is 64.2 Å². The van der Waals surface area contributed by atoms with Crippen LogP contribution in [0.4, 0.5) is 19.0 Å². The van der Waals surface area contributed by atoms with Crippen molar-refractivity contribution in [1.82, 2.24) is 9.55 Å². The van der Waals surface area contributed by atoms with Crippen LogP contribution in [0.15, 0.2) is 23.0 Å². The van der Waals surface area contributed by atoms with E-state index in [-0.39, 0.29) is 38.8 Å². The number of hydrogen-bond donors (Lipinski definition) is 1. The molecule has 0 unspecified atom stereocenters. The van der Waals surface area contributed by atoms with Crippen LogP contribution in [-0.4, -0.2) is 28.7 Å². The third-order valence-corrected chi connectivity index (χ3v) is 7.97. The highest BCUT2D eigenvalue weighted by Gasteiger charge is 2.48. The van der Waals surface area contributed by atoms with Crippen LogP contribution in [0.2, 0.25) is 10.0 Å². The van der Waals surface area contributed by atoms with E-state index in [1.165, 1.54) is 25.1 Å². The molecule has 2 aromatic rings. The fourth-order valence-electron chi connectivity index (χ4n) is 5.25. The van der Waals surface area contributed by atoms with Gasteiger partial charge in [0.15, 0.2) is 5.56 Å². The van der Waals surface area contributed by atoms with E-state index in [0.717, 1.165) is 17.4 Å². The molecule has 1 spiro atoms. The minimum absolute atomic E-state index is 0.00806. The molecule has 1 aliphatic heterocycles. The zero-order valence-corrected chi connectivity index (χ0v) is 19.4. The van der Waals surface area contributed by atoms with E-state index in [4.69, 9.17) is 28.9 Å². The summed E-state index contributed by atoms with van der Waals surface area (Å²) in [6, 6.07) is 4.50. The second-order valence-corrected chi connectivity index (χ2v) is 9.75. The Kier molecular flexibility index (Phi) is 6.01. The summed E-state index contributed by atoms with van der Waals surface area (Å²) < 4.78 is 43.2. The van der Waals surface area contributed by atoms with E-state index in [9.17, 15) is 18.0 Å². The fourth-order valence-corrected chi connectivity index (χ4v) is 5.63. The molecule has 32 heavy (non-hydrogen) atoms. The van der Waals surface area contributed by atoms with Crippen LogP contribution in [0.5, 0.6) is 0 Å². The van der Waals surface area contributed by atoms with E-state index >= 15 is 0 Å². The largest absolute Gasteiger partial charge is 0.425 e. The maximum atomic E-state index is 14.1. The Balaban J connectivity index is 1.78. The zero-order chi connectivity index (χ0) is 23.4. The van der Waals surface area contributed by atoms with Crippen molar-refractivity contribution in [3.63, 3.8) is 0 Å². The highest BCUT2D eigenvalue weighted by Crippen LogP contribution is 2.49. The monoisotopic (exact) mass is 488 g/mol. The molecule has 2 fully saturated rings. The van der Waals surface area contributed by atoms with Gasteiger partial charge in [0.05, 0.1) is 15.7 Å². The predicted octanol–water partition coefficient (Wildman–Crippen LogP) is 5.21. The second kappa shape index (κ2) is 8.22. The summed E-state index contributed by atoms with van der Waals surface area (Å²) >= 11 is 12.2. The highest BCUT2D eigenvalue weighted by molar-refractivity contribution is 6.43. The third kappa shape index (κ3) is 3.80. The summed E-state index contributed by atoms with van der Waals surface area (Å²) in [6.07, 6.45) is -1.51. The number of benzene rings is 1. The summed E-state index contributed by atoms with van der Waals surface area (Å²) in [5.41, 5.74) is 3.95. The number of anilines is 1. The van der Waals surface area contributed by atoms with Crippen LogP contribution in [0.1, 0.15) is 44.0 Å². The lowest BCUT2D eigenvalue weighted by Gasteiger charge is -2.43. The Morgan fingerprint density at radius 3 is 2.41 bits per heavy atom. The number of hydrogen-bond acceptors (Lipinski definition) is 4. The third-order valence-electron chi connectivity index (χ3n) is 7.16. The van der Waals surface area contributed by atoms with Crippen molar-refractivity contribution in [3.8, 4) is 5.69 Å². The van der Waals surface area contributed by atoms with Crippen LogP contribution in [-0.2, 0) is 6.18 Å². The first-order chi connectivity index (χ1) is 15.0. The van der Waals surface area contributed by atoms with Crippen molar-refractivity contribution >= 4 is 29.0 Å². The van der Waals surface area contributed by atoms with E-state index in [2.05, 4.69) is 11.9 Å². The number of aryl methyl sites for hydroxylation is 1. The molecule has 1 saturated heterocycles. The summed E-state index contributed by atoms with van der Waals surface area (Å²) in [7, 11) is 0. The van der Waals surface area contributed by atoms with Gasteiger partial charge in [0.2, 0.25) is 0 Å². The van der Waals surface area contributed by atoms with E-state index in [1.807, 2.05) is 0 Å². The first-order valence-electron chi connectivity index (χ1n) is 10.6. The maximum absolute atomic E-state index is 14.1. The molecule has 4 rings (SSSR count). The van der Waals surface area contributed by atoms with Crippen LogP contribution in [0.25, 0.3) is 5.69 Å². The molecule has 2 N–H and O–H groups in total. The molecule has 2 atom stereocenters. The Bertz CT molecular complexity index is 1090. The minimum Gasteiger partial charge on any atom is -0.356 e. The van der Waals surface area contributed by atoms with Gasteiger partial charge >= 0.3 is 6.18 Å². The normalized spacial score (nSPS) is 23.2. The first kappa shape index (κ1) is 23.4. The lowest BCUT2D eigenvalue weighted by Crippen LogP contribution is -2.49. The van der Waals surface area contributed by atoms with Gasteiger partial charge in [0.1, 0.15) is 11.6 Å². The molecule has 1 aliphatic carbocycles. The smallest absolute Gasteiger partial charge is 0.356 e.